The van der Waals surface area contributed by atoms with E-state index >= 15 is 0 Å². The highest BCUT2D eigenvalue weighted by Crippen LogP contribution is 2.25. The maximum atomic E-state index is 12.7. The summed E-state index contributed by atoms with van der Waals surface area (Å²) in [6.07, 6.45) is 6.40. The smallest absolute Gasteiger partial charge is 0.330 e. The van der Waals surface area contributed by atoms with Crippen molar-refractivity contribution >= 4 is 28.8 Å². The second kappa shape index (κ2) is 10.1. The molecule has 1 saturated carbocycles. The maximum Gasteiger partial charge on any atom is 0.330 e. The van der Waals surface area contributed by atoms with Gasteiger partial charge in [-0.1, -0.05) is 47.0 Å². The zero-order valence-corrected chi connectivity index (χ0v) is 18.4. The van der Waals surface area contributed by atoms with Crippen molar-refractivity contribution in [3.05, 3.63) is 20.8 Å². The Labute approximate surface area is 172 Å². The van der Waals surface area contributed by atoms with E-state index in [1.165, 1.54) is 23.8 Å². The van der Waals surface area contributed by atoms with E-state index in [-0.39, 0.29) is 17.4 Å². The Hall–Kier alpha value is -1.83. The summed E-state index contributed by atoms with van der Waals surface area (Å²) in [6.45, 7) is 9.43. The molecule has 158 valence electrons. The number of nitrogens with zero attached hydrogens (tertiary/aromatic N) is 2. The average molecular weight is 410 g/mol. The summed E-state index contributed by atoms with van der Waals surface area (Å²) in [4.78, 5) is 29.1. The number of aromatic amines is 1. The maximum absolute atomic E-state index is 12.7. The number of unbranched alkanes of at least 4 members (excludes halogenated alkanes) is 1. The predicted molar refractivity (Wildman–Crippen MR) is 120 cm³/mol. The van der Waals surface area contributed by atoms with Crippen LogP contribution < -0.4 is 27.2 Å². The molecule has 1 aromatic heterocycles. The molecule has 0 aliphatic heterocycles. The summed E-state index contributed by atoms with van der Waals surface area (Å²) in [5.41, 5.74) is 5.63. The lowest BCUT2D eigenvalue weighted by Crippen LogP contribution is -2.51. The molecule has 4 N–H and O–H groups in total. The van der Waals surface area contributed by atoms with Crippen molar-refractivity contribution in [2.75, 3.05) is 17.2 Å². The van der Waals surface area contributed by atoms with E-state index in [1.807, 2.05) is 6.92 Å². The van der Waals surface area contributed by atoms with Gasteiger partial charge in [0.1, 0.15) is 5.82 Å². The van der Waals surface area contributed by atoms with Crippen molar-refractivity contribution in [1.82, 2.24) is 14.9 Å². The second-order valence-electron chi connectivity index (χ2n) is 8.32. The third-order valence-electron chi connectivity index (χ3n) is 5.43. The molecule has 1 aliphatic rings. The number of hydrogen-bond donors (Lipinski definition) is 3. The predicted octanol–water partition coefficient (Wildman–Crippen LogP) is 2.83. The van der Waals surface area contributed by atoms with E-state index in [0.717, 1.165) is 19.3 Å². The van der Waals surface area contributed by atoms with E-state index in [0.29, 0.717) is 30.2 Å². The Morgan fingerprint density at radius 3 is 2.64 bits per heavy atom. The van der Waals surface area contributed by atoms with Gasteiger partial charge in [-0.2, -0.15) is 0 Å². The van der Waals surface area contributed by atoms with Gasteiger partial charge < -0.3 is 16.0 Å². The van der Waals surface area contributed by atoms with Crippen molar-refractivity contribution in [2.45, 2.75) is 78.8 Å². The summed E-state index contributed by atoms with van der Waals surface area (Å²) < 4.78 is 1.44. The van der Waals surface area contributed by atoms with Crippen molar-refractivity contribution in [2.24, 2.45) is 11.8 Å². The minimum Gasteiger partial charge on any atom is -0.383 e. The average Bonchev–Trinajstić information content (AvgIpc) is 2.62. The van der Waals surface area contributed by atoms with E-state index in [1.54, 1.807) is 4.90 Å². The van der Waals surface area contributed by atoms with Crippen LogP contribution in [0.1, 0.15) is 66.2 Å². The molecule has 0 aromatic carbocycles. The molecule has 1 aliphatic carbocycles. The molecule has 0 saturated heterocycles. The van der Waals surface area contributed by atoms with E-state index in [9.17, 15) is 9.59 Å². The first-order chi connectivity index (χ1) is 13.3. The van der Waals surface area contributed by atoms with Gasteiger partial charge in [0.15, 0.2) is 10.8 Å². The van der Waals surface area contributed by atoms with Crippen LogP contribution in [-0.4, -0.2) is 27.3 Å². The van der Waals surface area contributed by atoms with Crippen molar-refractivity contribution < 1.29 is 0 Å². The van der Waals surface area contributed by atoms with Crippen molar-refractivity contribution in [3.63, 3.8) is 0 Å². The zero-order chi connectivity index (χ0) is 20.8. The summed E-state index contributed by atoms with van der Waals surface area (Å²) in [6, 6.07) is 0.294. The third kappa shape index (κ3) is 5.37. The zero-order valence-electron chi connectivity index (χ0n) is 17.6. The summed E-state index contributed by atoms with van der Waals surface area (Å²) in [7, 11) is 0. The van der Waals surface area contributed by atoms with Crippen molar-refractivity contribution in [1.29, 1.82) is 0 Å². The Bertz CT molecular complexity index is 786. The van der Waals surface area contributed by atoms with Gasteiger partial charge in [0.05, 0.1) is 0 Å². The van der Waals surface area contributed by atoms with Crippen LogP contribution in [0.4, 0.5) is 11.5 Å². The summed E-state index contributed by atoms with van der Waals surface area (Å²) in [5, 5.41) is 3.97. The quantitative estimate of drug-likeness (QED) is 0.599. The molecular weight excluding hydrogens is 374 g/mol. The monoisotopic (exact) mass is 409 g/mol. The lowest BCUT2D eigenvalue weighted by molar-refractivity contribution is 0.308. The molecule has 1 aromatic rings. The minimum atomic E-state index is -0.489. The Morgan fingerprint density at radius 2 is 2.04 bits per heavy atom. The fourth-order valence-electron chi connectivity index (χ4n) is 3.78. The second-order valence-corrected chi connectivity index (χ2v) is 8.71. The first-order valence-electron chi connectivity index (χ1n) is 10.5. The van der Waals surface area contributed by atoms with Crippen LogP contribution in [0.3, 0.4) is 0 Å². The largest absolute Gasteiger partial charge is 0.383 e. The third-order valence-corrected chi connectivity index (χ3v) is 5.77. The van der Waals surface area contributed by atoms with Gasteiger partial charge in [-0.3, -0.25) is 14.3 Å². The fourth-order valence-corrected chi connectivity index (χ4v) is 4.10. The van der Waals surface area contributed by atoms with Gasteiger partial charge >= 0.3 is 5.69 Å². The highest BCUT2D eigenvalue weighted by atomic mass is 32.1. The number of H-pyrrole nitrogens is 1. The molecule has 2 atom stereocenters. The van der Waals surface area contributed by atoms with E-state index < -0.39 is 11.2 Å². The molecule has 8 heteroatoms. The Kier molecular flexibility index (Phi) is 8.10. The van der Waals surface area contributed by atoms with Gasteiger partial charge in [-0.15, -0.1) is 0 Å². The van der Waals surface area contributed by atoms with Crippen LogP contribution in [0.25, 0.3) is 0 Å². The van der Waals surface area contributed by atoms with Crippen LogP contribution in [0.15, 0.2) is 9.59 Å². The molecule has 28 heavy (non-hydrogen) atoms. The molecule has 1 fully saturated rings. The molecule has 0 amide bonds. The number of anilines is 2. The van der Waals surface area contributed by atoms with Crippen molar-refractivity contribution in [3.8, 4) is 0 Å². The number of rotatable bonds is 7. The lowest BCUT2D eigenvalue weighted by Gasteiger charge is -2.35. The molecule has 7 nitrogen and oxygen atoms in total. The van der Waals surface area contributed by atoms with Gasteiger partial charge in [-0.05, 0) is 43.3 Å². The van der Waals surface area contributed by atoms with Gasteiger partial charge in [0.2, 0.25) is 0 Å². The molecule has 0 spiro atoms. The van der Waals surface area contributed by atoms with E-state index in [2.05, 4.69) is 31.1 Å². The first-order valence-corrected chi connectivity index (χ1v) is 10.9. The highest BCUT2D eigenvalue weighted by molar-refractivity contribution is 7.80. The molecule has 0 bridgehead atoms. The van der Waals surface area contributed by atoms with Crippen LogP contribution in [0.5, 0.6) is 0 Å². The topological polar surface area (TPSA) is 96.2 Å². The lowest BCUT2D eigenvalue weighted by atomic mass is 9.86. The molecule has 0 radical (unpaired) electrons. The van der Waals surface area contributed by atoms with Gasteiger partial charge in [0, 0.05) is 19.1 Å². The number of aromatic nitrogens is 2. The highest BCUT2D eigenvalue weighted by Gasteiger charge is 2.27. The normalized spacial score (nSPS) is 19.6. The molecular formula is C20H35N5O2S. The number of hydrogen-bond acceptors (Lipinski definition) is 4. The van der Waals surface area contributed by atoms with E-state index in [4.69, 9.17) is 18.0 Å². The Balaban J connectivity index is 2.40. The summed E-state index contributed by atoms with van der Waals surface area (Å²) in [5.74, 6) is 0.976. The fraction of sp³-hybridized carbons (Fsp3) is 0.750. The number of nitrogens with one attached hydrogen (secondary N) is 2. The van der Waals surface area contributed by atoms with Crippen LogP contribution in [0, 0.1) is 11.8 Å². The van der Waals surface area contributed by atoms with Crippen LogP contribution in [-0.2, 0) is 6.54 Å². The molecule has 2 rings (SSSR count). The minimum absolute atomic E-state index is 0.184. The number of nitrogen functional groups attached to an aromatic ring is 1. The van der Waals surface area contributed by atoms with Crippen LogP contribution >= 0.6 is 12.2 Å². The summed E-state index contributed by atoms with van der Waals surface area (Å²) >= 11 is 5.71. The first kappa shape index (κ1) is 22.5. The number of nitrogens with two attached hydrogens (primary N) is 1. The van der Waals surface area contributed by atoms with Crippen LogP contribution in [0.2, 0.25) is 0 Å². The SMILES string of the molecule is CCCCn1c(N)c(N(CC(C)C)C(=S)N[C@H]2CCCC[C@H]2C)c(=O)[nH]c1=O. The van der Waals surface area contributed by atoms with Gasteiger partial charge in [0.25, 0.3) is 5.56 Å². The number of thiocarbonyl (C=S) groups is 1. The van der Waals surface area contributed by atoms with Gasteiger partial charge in [-0.25, -0.2) is 4.79 Å². The Morgan fingerprint density at radius 1 is 1.36 bits per heavy atom. The molecule has 0 unspecified atom stereocenters. The molecule has 1 heterocycles. The standard InChI is InChI=1S/C20H35N5O2S/c1-5-6-11-24-17(21)16(18(26)23-19(24)27)25(12-13(2)3)20(28)22-15-10-8-7-9-14(15)4/h13-15H,5-12,21H2,1-4H3,(H,22,28)(H,23,26,27)/t14-,15+/m1/s1.